The van der Waals surface area contributed by atoms with E-state index in [2.05, 4.69) is 10.0 Å². The van der Waals surface area contributed by atoms with Gasteiger partial charge in [-0.1, -0.05) is 25.4 Å². The van der Waals surface area contributed by atoms with Crippen LogP contribution in [0.25, 0.3) is 0 Å². The summed E-state index contributed by atoms with van der Waals surface area (Å²) in [5.41, 5.74) is 0.616. The summed E-state index contributed by atoms with van der Waals surface area (Å²) in [6.45, 7) is 5.15. The smallest absolute Gasteiger partial charge is 0.301 e. The van der Waals surface area contributed by atoms with Gasteiger partial charge in [0.05, 0.1) is 22.4 Å². The monoisotopic (exact) mass is 375 g/mol. The van der Waals surface area contributed by atoms with E-state index >= 15 is 0 Å². The fourth-order valence-corrected chi connectivity index (χ4v) is 3.66. The number of halogens is 1. The molecule has 0 aromatic heterocycles. The van der Waals surface area contributed by atoms with Crippen molar-refractivity contribution in [1.29, 1.82) is 0 Å². The summed E-state index contributed by atoms with van der Waals surface area (Å²) in [5, 5.41) is 2.96. The highest BCUT2D eigenvalue weighted by Crippen LogP contribution is 2.24. The summed E-state index contributed by atoms with van der Waals surface area (Å²) in [6, 6.07) is 4.45. The van der Waals surface area contributed by atoms with Crippen molar-refractivity contribution in [3.05, 3.63) is 28.8 Å². The Morgan fingerprint density at radius 1 is 1.42 bits per heavy atom. The molecule has 0 unspecified atom stereocenters. The normalized spacial score (nSPS) is 16.0. The van der Waals surface area contributed by atoms with Crippen LogP contribution >= 0.6 is 11.6 Å². The molecule has 1 aromatic carbocycles. The zero-order valence-electron chi connectivity index (χ0n) is 13.9. The lowest BCUT2D eigenvalue weighted by molar-refractivity contribution is 0.0128. The number of rotatable bonds is 7. The van der Waals surface area contributed by atoms with E-state index in [0.29, 0.717) is 36.8 Å². The number of hydrogen-bond donors (Lipinski definition) is 2. The Balaban J connectivity index is 2.03. The van der Waals surface area contributed by atoms with Crippen LogP contribution in [0.15, 0.2) is 18.2 Å². The van der Waals surface area contributed by atoms with Crippen LogP contribution in [-0.4, -0.2) is 51.5 Å². The van der Waals surface area contributed by atoms with Gasteiger partial charge >= 0.3 is 10.2 Å². The molecule has 1 fully saturated rings. The van der Waals surface area contributed by atoms with Gasteiger partial charge in [0.15, 0.2) is 0 Å². The second-order valence-electron chi connectivity index (χ2n) is 6.08. The van der Waals surface area contributed by atoms with Crippen LogP contribution in [0.3, 0.4) is 0 Å². The molecule has 1 aromatic rings. The summed E-state index contributed by atoms with van der Waals surface area (Å²) >= 11 is 6.11. The van der Waals surface area contributed by atoms with E-state index < -0.39 is 10.2 Å². The SMILES string of the molecule is COC1CN(S(=O)(=O)Nc2ccc(C(=O)NCC(C)C)c(Cl)c2)C1. The molecule has 2 N–H and O–H groups in total. The first kappa shape index (κ1) is 19.0. The molecule has 1 aliphatic rings. The van der Waals surface area contributed by atoms with Gasteiger partial charge in [-0.3, -0.25) is 9.52 Å². The van der Waals surface area contributed by atoms with Crippen molar-refractivity contribution < 1.29 is 17.9 Å². The number of nitrogens with zero attached hydrogens (tertiary/aromatic N) is 1. The minimum Gasteiger partial charge on any atom is -0.379 e. The quantitative estimate of drug-likeness (QED) is 0.759. The Morgan fingerprint density at radius 3 is 2.62 bits per heavy atom. The van der Waals surface area contributed by atoms with Gasteiger partial charge in [0.1, 0.15) is 0 Å². The Bertz CT molecular complexity index is 703. The highest BCUT2D eigenvalue weighted by atomic mass is 35.5. The van der Waals surface area contributed by atoms with Crippen molar-refractivity contribution in [3.63, 3.8) is 0 Å². The lowest BCUT2D eigenvalue weighted by atomic mass is 10.1. The van der Waals surface area contributed by atoms with Gasteiger partial charge in [0.25, 0.3) is 5.91 Å². The second kappa shape index (κ2) is 7.69. The number of carbonyl (C=O) groups excluding carboxylic acids is 1. The van der Waals surface area contributed by atoms with Crippen molar-refractivity contribution >= 4 is 33.4 Å². The number of ether oxygens (including phenoxy) is 1. The maximum Gasteiger partial charge on any atom is 0.301 e. The molecule has 134 valence electrons. The number of anilines is 1. The topological polar surface area (TPSA) is 87.7 Å². The van der Waals surface area contributed by atoms with E-state index in [-0.39, 0.29) is 17.0 Å². The van der Waals surface area contributed by atoms with Crippen molar-refractivity contribution in [1.82, 2.24) is 9.62 Å². The summed E-state index contributed by atoms with van der Waals surface area (Å²) < 4.78 is 33.2. The third-order valence-electron chi connectivity index (χ3n) is 3.62. The highest BCUT2D eigenvalue weighted by molar-refractivity contribution is 7.90. The maximum absolute atomic E-state index is 12.2. The molecule has 9 heteroatoms. The van der Waals surface area contributed by atoms with Crippen LogP contribution < -0.4 is 10.0 Å². The Hall–Kier alpha value is -1.35. The van der Waals surface area contributed by atoms with Crippen LogP contribution in [0.2, 0.25) is 5.02 Å². The lowest BCUT2D eigenvalue weighted by Gasteiger charge is -2.36. The first-order chi connectivity index (χ1) is 11.2. The molecular formula is C15H22ClN3O4S. The van der Waals surface area contributed by atoms with E-state index in [0.717, 1.165) is 0 Å². The van der Waals surface area contributed by atoms with E-state index in [9.17, 15) is 13.2 Å². The van der Waals surface area contributed by atoms with Gasteiger partial charge in [-0.2, -0.15) is 12.7 Å². The van der Waals surface area contributed by atoms with E-state index in [1.54, 1.807) is 7.11 Å². The molecular weight excluding hydrogens is 354 g/mol. The fraction of sp³-hybridized carbons (Fsp3) is 0.533. The number of nitrogens with one attached hydrogen (secondary N) is 2. The van der Waals surface area contributed by atoms with Crippen molar-refractivity contribution in [2.24, 2.45) is 5.92 Å². The van der Waals surface area contributed by atoms with Crippen LogP contribution in [0.4, 0.5) is 5.69 Å². The molecule has 7 nitrogen and oxygen atoms in total. The van der Waals surface area contributed by atoms with Gasteiger partial charge in [0, 0.05) is 26.7 Å². The number of carbonyl (C=O) groups is 1. The van der Waals surface area contributed by atoms with E-state index in [4.69, 9.17) is 16.3 Å². The number of benzene rings is 1. The number of amides is 1. The van der Waals surface area contributed by atoms with Gasteiger partial charge in [-0.25, -0.2) is 0 Å². The molecule has 24 heavy (non-hydrogen) atoms. The Morgan fingerprint density at radius 2 is 2.08 bits per heavy atom. The molecule has 0 radical (unpaired) electrons. The van der Waals surface area contributed by atoms with Gasteiger partial charge < -0.3 is 10.1 Å². The Labute approximate surface area is 147 Å². The third-order valence-corrected chi connectivity index (χ3v) is 5.40. The van der Waals surface area contributed by atoms with E-state index in [1.165, 1.54) is 22.5 Å². The molecule has 1 saturated heterocycles. The molecule has 0 atom stereocenters. The maximum atomic E-state index is 12.2. The first-order valence-electron chi connectivity index (χ1n) is 7.61. The molecule has 1 aliphatic heterocycles. The largest absolute Gasteiger partial charge is 0.379 e. The molecule has 1 heterocycles. The molecule has 0 spiro atoms. The number of methoxy groups -OCH3 is 1. The number of hydrogen-bond acceptors (Lipinski definition) is 4. The summed E-state index contributed by atoms with van der Waals surface area (Å²) in [7, 11) is -2.10. The summed E-state index contributed by atoms with van der Waals surface area (Å²) in [6.07, 6.45) is -0.0720. The minimum atomic E-state index is -3.65. The zero-order valence-corrected chi connectivity index (χ0v) is 15.4. The fourth-order valence-electron chi connectivity index (χ4n) is 2.11. The first-order valence-corrected chi connectivity index (χ1v) is 9.43. The van der Waals surface area contributed by atoms with Crippen molar-refractivity contribution in [3.8, 4) is 0 Å². The van der Waals surface area contributed by atoms with Gasteiger partial charge in [0.2, 0.25) is 0 Å². The van der Waals surface area contributed by atoms with Crippen LogP contribution in [0, 0.1) is 5.92 Å². The van der Waals surface area contributed by atoms with Crippen LogP contribution in [0.5, 0.6) is 0 Å². The van der Waals surface area contributed by atoms with Crippen molar-refractivity contribution in [2.75, 3.05) is 31.5 Å². The lowest BCUT2D eigenvalue weighted by Crippen LogP contribution is -2.55. The predicted molar refractivity (Wildman–Crippen MR) is 93.5 cm³/mol. The van der Waals surface area contributed by atoms with Crippen LogP contribution in [0.1, 0.15) is 24.2 Å². The Kier molecular flexibility index (Phi) is 6.08. The van der Waals surface area contributed by atoms with E-state index in [1.807, 2.05) is 13.8 Å². The molecule has 2 rings (SSSR count). The molecule has 0 saturated carbocycles. The predicted octanol–water partition coefficient (Wildman–Crippen LogP) is 1.71. The third kappa shape index (κ3) is 4.60. The van der Waals surface area contributed by atoms with Crippen LogP contribution in [-0.2, 0) is 14.9 Å². The molecule has 0 bridgehead atoms. The minimum absolute atomic E-state index is 0.0720. The highest BCUT2D eigenvalue weighted by Gasteiger charge is 2.35. The standard InChI is InChI=1S/C15H22ClN3O4S/c1-10(2)7-17-15(20)13-5-4-11(6-14(13)16)18-24(21,22)19-8-12(9-19)23-3/h4-6,10,12,18H,7-9H2,1-3H3,(H,17,20). The van der Waals surface area contributed by atoms with Crippen molar-refractivity contribution in [2.45, 2.75) is 20.0 Å². The summed E-state index contributed by atoms with van der Waals surface area (Å²) in [5.74, 6) is 0.0417. The summed E-state index contributed by atoms with van der Waals surface area (Å²) in [4.78, 5) is 12.0. The average molecular weight is 376 g/mol. The molecule has 1 amide bonds. The van der Waals surface area contributed by atoms with Gasteiger partial charge in [-0.05, 0) is 24.1 Å². The second-order valence-corrected chi connectivity index (χ2v) is 8.16. The molecule has 0 aliphatic carbocycles. The zero-order chi connectivity index (χ0) is 17.9. The average Bonchev–Trinajstić information content (AvgIpc) is 2.43. The van der Waals surface area contributed by atoms with Gasteiger partial charge in [-0.15, -0.1) is 0 Å².